The molecule has 0 N–H and O–H groups in total. The van der Waals surface area contributed by atoms with Gasteiger partial charge in [-0.2, -0.15) is 0 Å². The van der Waals surface area contributed by atoms with Gasteiger partial charge >= 0.3 is 5.97 Å². The van der Waals surface area contributed by atoms with Crippen LogP contribution >= 0.6 is 0 Å². The number of ether oxygens (including phenoxy) is 1. The van der Waals surface area contributed by atoms with Crippen LogP contribution in [-0.2, 0) is 14.3 Å². The summed E-state index contributed by atoms with van der Waals surface area (Å²) in [6.07, 6.45) is 5.63. The van der Waals surface area contributed by atoms with E-state index in [2.05, 4.69) is 26.8 Å². The van der Waals surface area contributed by atoms with Crippen molar-refractivity contribution < 1.29 is 14.3 Å². The van der Waals surface area contributed by atoms with Crippen molar-refractivity contribution in [2.75, 3.05) is 6.61 Å². The van der Waals surface area contributed by atoms with E-state index in [4.69, 9.17) is 4.74 Å². The summed E-state index contributed by atoms with van der Waals surface area (Å²) in [6, 6.07) is 0. The van der Waals surface area contributed by atoms with E-state index >= 15 is 0 Å². The third kappa shape index (κ3) is 4.46. The van der Waals surface area contributed by atoms with Gasteiger partial charge in [0.2, 0.25) is 0 Å². The summed E-state index contributed by atoms with van der Waals surface area (Å²) in [5.41, 5.74) is 1.39. The summed E-state index contributed by atoms with van der Waals surface area (Å²) in [7, 11) is 0. The van der Waals surface area contributed by atoms with Crippen molar-refractivity contribution in [2.45, 2.75) is 60.3 Å². The molecule has 0 bridgehead atoms. The van der Waals surface area contributed by atoms with E-state index in [1.165, 1.54) is 5.57 Å². The van der Waals surface area contributed by atoms with Crippen LogP contribution in [0.4, 0.5) is 0 Å². The molecule has 0 aromatic carbocycles. The van der Waals surface area contributed by atoms with Crippen LogP contribution in [0.2, 0.25) is 0 Å². The maximum Gasteiger partial charge on any atom is 0.309 e. The van der Waals surface area contributed by atoms with Crippen LogP contribution in [0.15, 0.2) is 11.6 Å². The Bertz CT molecular complexity index is 393. The zero-order valence-electron chi connectivity index (χ0n) is 13.5. The number of ketones is 1. The molecule has 0 saturated heterocycles. The van der Waals surface area contributed by atoms with Crippen LogP contribution in [-0.4, -0.2) is 18.4 Å². The number of rotatable bonds is 8. The molecule has 2 atom stereocenters. The van der Waals surface area contributed by atoms with Gasteiger partial charge in [0, 0.05) is 6.42 Å². The zero-order chi connectivity index (χ0) is 15.3. The Labute approximate surface area is 122 Å². The molecule has 1 rings (SSSR count). The summed E-state index contributed by atoms with van der Waals surface area (Å²) < 4.78 is 5.14. The predicted molar refractivity (Wildman–Crippen MR) is 80.3 cm³/mol. The van der Waals surface area contributed by atoms with Crippen LogP contribution in [0.25, 0.3) is 0 Å². The standard InChI is InChI=1S/C17H28O3/c1-6-20-16(19)15-14(17(15,4)5)11-10-12(2)8-7-9-13(3)18/h8,14-15H,6-7,9-11H2,1-5H3. The number of allylic oxidation sites excluding steroid dienone is 2. The van der Waals surface area contributed by atoms with Crippen molar-refractivity contribution in [3.8, 4) is 0 Å². The summed E-state index contributed by atoms with van der Waals surface area (Å²) >= 11 is 0. The van der Waals surface area contributed by atoms with Crippen LogP contribution < -0.4 is 0 Å². The second-order valence-electron chi connectivity index (χ2n) is 6.49. The van der Waals surface area contributed by atoms with E-state index in [0.29, 0.717) is 18.9 Å². The second kappa shape index (κ2) is 7.05. The Morgan fingerprint density at radius 3 is 2.40 bits per heavy atom. The highest BCUT2D eigenvalue weighted by Gasteiger charge is 2.61. The van der Waals surface area contributed by atoms with Gasteiger partial charge in [0.15, 0.2) is 0 Å². The Morgan fingerprint density at radius 2 is 1.85 bits per heavy atom. The lowest BCUT2D eigenvalue weighted by Crippen LogP contribution is -2.10. The molecule has 0 spiro atoms. The summed E-state index contributed by atoms with van der Waals surface area (Å²) in [5.74, 6) is 0.686. The number of carbonyl (C=O) groups is 2. The molecule has 1 fully saturated rings. The zero-order valence-corrected chi connectivity index (χ0v) is 13.5. The summed E-state index contributed by atoms with van der Waals surface area (Å²) in [6.45, 7) is 10.3. The van der Waals surface area contributed by atoms with Gasteiger partial charge in [0.1, 0.15) is 5.78 Å². The van der Waals surface area contributed by atoms with Crippen LogP contribution in [0.5, 0.6) is 0 Å². The minimum atomic E-state index is -0.0410. The molecule has 1 saturated carbocycles. The SMILES string of the molecule is CCOC(=O)C1C(CCC(C)=CCCC(C)=O)C1(C)C. The Hall–Kier alpha value is -1.12. The number of esters is 1. The van der Waals surface area contributed by atoms with Gasteiger partial charge in [-0.25, -0.2) is 0 Å². The molecule has 3 heteroatoms. The molecule has 0 heterocycles. The predicted octanol–water partition coefficient (Wildman–Crippen LogP) is 3.92. The van der Waals surface area contributed by atoms with E-state index < -0.39 is 0 Å². The first-order chi connectivity index (χ1) is 9.30. The van der Waals surface area contributed by atoms with Crippen LogP contribution in [0, 0.1) is 17.3 Å². The van der Waals surface area contributed by atoms with Crippen molar-refractivity contribution >= 4 is 11.8 Å². The smallest absolute Gasteiger partial charge is 0.309 e. The Kier molecular flexibility index (Phi) is 5.97. The molecule has 20 heavy (non-hydrogen) atoms. The summed E-state index contributed by atoms with van der Waals surface area (Å²) in [4.78, 5) is 22.7. The molecule has 3 nitrogen and oxygen atoms in total. The monoisotopic (exact) mass is 280 g/mol. The number of Topliss-reactive ketones (excluding diaryl/α,β-unsaturated/α-hetero) is 1. The lowest BCUT2D eigenvalue weighted by molar-refractivity contribution is -0.145. The van der Waals surface area contributed by atoms with Gasteiger partial charge in [-0.15, -0.1) is 0 Å². The lowest BCUT2D eigenvalue weighted by atomic mass is 10.0. The average Bonchev–Trinajstić information content (AvgIpc) is 2.88. The lowest BCUT2D eigenvalue weighted by Gasteiger charge is -2.03. The Balaban J connectivity index is 2.38. The number of hydrogen-bond acceptors (Lipinski definition) is 3. The normalized spacial score (nSPS) is 24.4. The van der Waals surface area contributed by atoms with Crippen molar-refractivity contribution in [1.82, 2.24) is 0 Å². The first-order valence-electron chi connectivity index (χ1n) is 7.62. The maximum atomic E-state index is 11.8. The topological polar surface area (TPSA) is 43.4 Å². The third-order valence-electron chi connectivity index (χ3n) is 4.43. The van der Waals surface area contributed by atoms with Gasteiger partial charge < -0.3 is 9.53 Å². The fourth-order valence-corrected chi connectivity index (χ4v) is 2.99. The minimum Gasteiger partial charge on any atom is -0.466 e. The molecule has 0 radical (unpaired) electrons. The maximum absolute atomic E-state index is 11.8. The van der Waals surface area contributed by atoms with Crippen LogP contribution in [0.1, 0.15) is 60.3 Å². The van der Waals surface area contributed by atoms with Crippen molar-refractivity contribution in [2.24, 2.45) is 17.3 Å². The minimum absolute atomic E-state index is 0.0410. The highest BCUT2D eigenvalue weighted by molar-refractivity contribution is 5.77. The fraction of sp³-hybridized carbons (Fsp3) is 0.765. The molecular weight excluding hydrogens is 252 g/mol. The van der Waals surface area contributed by atoms with Crippen molar-refractivity contribution in [3.63, 3.8) is 0 Å². The van der Waals surface area contributed by atoms with Gasteiger partial charge in [0.25, 0.3) is 0 Å². The largest absolute Gasteiger partial charge is 0.466 e. The highest BCUT2D eigenvalue weighted by atomic mass is 16.5. The average molecular weight is 280 g/mol. The Morgan fingerprint density at radius 1 is 1.20 bits per heavy atom. The second-order valence-corrected chi connectivity index (χ2v) is 6.49. The third-order valence-corrected chi connectivity index (χ3v) is 4.43. The number of carbonyl (C=O) groups excluding carboxylic acids is 2. The summed E-state index contributed by atoms with van der Waals surface area (Å²) in [5, 5.41) is 0. The molecule has 2 unspecified atom stereocenters. The molecular formula is C17H28O3. The highest BCUT2D eigenvalue weighted by Crippen LogP contribution is 2.61. The molecule has 0 aromatic rings. The first kappa shape index (κ1) is 16.9. The molecule has 1 aliphatic rings. The molecule has 0 aliphatic heterocycles. The molecule has 114 valence electrons. The first-order valence-corrected chi connectivity index (χ1v) is 7.62. The number of hydrogen-bond donors (Lipinski definition) is 0. The van der Waals surface area contributed by atoms with E-state index in [0.717, 1.165) is 19.3 Å². The van der Waals surface area contributed by atoms with E-state index in [1.54, 1.807) is 6.92 Å². The van der Waals surface area contributed by atoms with Crippen molar-refractivity contribution in [3.05, 3.63) is 11.6 Å². The van der Waals surface area contributed by atoms with Gasteiger partial charge in [-0.05, 0) is 51.4 Å². The van der Waals surface area contributed by atoms with E-state index in [-0.39, 0.29) is 23.1 Å². The quantitative estimate of drug-likeness (QED) is 0.500. The molecule has 1 aliphatic carbocycles. The fourth-order valence-electron chi connectivity index (χ4n) is 2.99. The van der Waals surface area contributed by atoms with E-state index in [1.807, 2.05) is 6.92 Å². The van der Waals surface area contributed by atoms with Gasteiger partial charge in [0.05, 0.1) is 12.5 Å². The van der Waals surface area contributed by atoms with Crippen LogP contribution in [0.3, 0.4) is 0 Å². The van der Waals surface area contributed by atoms with Crippen molar-refractivity contribution in [1.29, 1.82) is 0 Å². The van der Waals surface area contributed by atoms with Gasteiger partial charge in [-0.3, -0.25) is 4.79 Å². The van der Waals surface area contributed by atoms with E-state index in [9.17, 15) is 9.59 Å². The molecule has 0 aromatic heterocycles. The van der Waals surface area contributed by atoms with Gasteiger partial charge in [-0.1, -0.05) is 25.5 Å². The molecule has 0 amide bonds.